The van der Waals surface area contributed by atoms with Gasteiger partial charge in [0.25, 0.3) is 0 Å². The van der Waals surface area contributed by atoms with E-state index in [0.717, 1.165) is 24.3 Å². The van der Waals surface area contributed by atoms with Gasteiger partial charge in [-0.2, -0.15) is 0 Å². The van der Waals surface area contributed by atoms with Crippen molar-refractivity contribution < 1.29 is 23.1 Å². The maximum atomic E-state index is 13.7. The van der Waals surface area contributed by atoms with Crippen LogP contribution in [0.25, 0.3) is 0 Å². The maximum absolute atomic E-state index is 13.7. The van der Waals surface area contributed by atoms with Crippen molar-refractivity contribution in [3.05, 3.63) is 65.0 Å². The molecule has 0 atom stereocenters. The number of benzene rings is 2. The van der Waals surface area contributed by atoms with Gasteiger partial charge in [0.15, 0.2) is 17.4 Å². The number of halogens is 3. The summed E-state index contributed by atoms with van der Waals surface area (Å²) in [5.41, 5.74) is 5.45. The summed E-state index contributed by atoms with van der Waals surface area (Å²) in [4.78, 5) is 0. The second kappa shape index (κ2) is 6.17. The number of amidine groups is 1. The molecule has 0 aliphatic rings. The fraction of sp³-hybridized carbons (Fsp3) is 0.0714. The highest BCUT2D eigenvalue weighted by Crippen LogP contribution is 2.20. The van der Waals surface area contributed by atoms with Crippen LogP contribution in [0.1, 0.15) is 11.1 Å². The number of hydrogen-bond donors (Lipinski definition) is 2. The zero-order valence-corrected chi connectivity index (χ0v) is 10.7. The fourth-order valence-corrected chi connectivity index (χ4v) is 1.64. The van der Waals surface area contributed by atoms with Gasteiger partial charge in [0.1, 0.15) is 18.2 Å². The molecule has 0 bridgehead atoms. The van der Waals surface area contributed by atoms with Crippen molar-refractivity contribution in [2.45, 2.75) is 6.61 Å². The predicted molar refractivity (Wildman–Crippen MR) is 69.6 cm³/mol. The van der Waals surface area contributed by atoms with E-state index in [0.29, 0.717) is 0 Å². The van der Waals surface area contributed by atoms with Crippen molar-refractivity contribution in [2.24, 2.45) is 10.9 Å². The average molecular weight is 296 g/mol. The SMILES string of the molecule is N/C(=N/O)c1ccc(OCc2cc(F)ccc2F)c(F)c1. The Morgan fingerprint density at radius 3 is 2.52 bits per heavy atom. The number of ether oxygens (including phenoxy) is 1. The Morgan fingerprint density at radius 2 is 1.86 bits per heavy atom. The molecule has 21 heavy (non-hydrogen) atoms. The highest BCUT2D eigenvalue weighted by atomic mass is 19.1. The van der Waals surface area contributed by atoms with Gasteiger partial charge in [-0.3, -0.25) is 0 Å². The molecule has 0 amide bonds. The number of nitrogens with zero attached hydrogens (tertiary/aromatic N) is 1. The summed E-state index contributed by atoms with van der Waals surface area (Å²) in [6.07, 6.45) is 0. The smallest absolute Gasteiger partial charge is 0.170 e. The molecule has 2 aromatic rings. The Morgan fingerprint density at radius 1 is 1.10 bits per heavy atom. The molecule has 0 saturated carbocycles. The quantitative estimate of drug-likeness (QED) is 0.394. The normalized spacial score (nSPS) is 11.5. The summed E-state index contributed by atoms with van der Waals surface area (Å²) in [5.74, 6) is -2.44. The van der Waals surface area contributed by atoms with Crippen LogP contribution in [0.2, 0.25) is 0 Å². The van der Waals surface area contributed by atoms with Gasteiger partial charge < -0.3 is 15.7 Å². The third-order valence-electron chi connectivity index (χ3n) is 2.73. The van der Waals surface area contributed by atoms with E-state index >= 15 is 0 Å². The zero-order chi connectivity index (χ0) is 15.4. The van der Waals surface area contributed by atoms with Crippen molar-refractivity contribution in [1.29, 1.82) is 0 Å². The van der Waals surface area contributed by atoms with E-state index in [-0.39, 0.29) is 29.3 Å². The minimum atomic E-state index is -0.768. The minimum absolute atomic E-state index is 0.0325. The van der Waals surface area contributed by atoms with Crippen LogP contribution in [-0.4, -0.2) is 11.0 Å². The Hall–Kier alpha value is -2.70. The van der Waals surface area contributed by atoms with E-state index in [1.165, 1.54) is 12.1 Å². The molecular weight excluding hydrogens is 285 g/mol. The number of hydrogen-bond acceptors (Lipinski definition) is 3. The topological polar surface area (TPSA) is 67.8 Å². The monoisotopic (exact) mass is 296 g/mol. The van der Waals surface area contributed by atoms with Crippen LogP contribution < -0.4 is 10.5 Å². The second-order valence-electron chi connectivity index (χ2n) is 4.15. The standard InChI is InChI=1S/C14H11F3N2O2/c15-10-2-3-11(16)9(5-10)7-21-13-4-1-8(6-12(13)17)14(18)19-20/h1-6,20H,7H2,(H2,18,19). The summed E-state index contributed by atoms with van der Waals surface area (Å²) in [7, 11) is 0. The third kappa shape index (κ3) is 3.44. The molecule has 0 spiro atoms. The summed E-state index contributed by atoms with van der Waals surface area (Å²) in [6, 6.07) is 6.54. The van der Waals surface area contributed by atoms with Crippen molar-refractivity contribution in [2.75, 3.05) is 0 Å². The fourth-order valence-electron chi connectivity index (χ4n) is 1.64. The number of rotatable bonds is 4. The first-order valence-corrected chi connectivity index (χ1v) is 5.85. The van der Waals surface area contributed by atoms with Crippen LogP contribution in [0.3, 0.4) is 0 Å². The Balaban J connectivity index is 2.15. The second-order valence-corrected chi connectivity index (χ2v) is 4.15. The molecule has 0 aromatic heterocycles. The van der Waals surface area contributed by atoms with Gasteiger partial charge >= 0.3 is 0 Å². The van der Waals surface area contributed by atoms with Crippen molar-refractivity contribution in [3.63, 3.8) is 0 Å². The van der Waals surface area contributed by atoms with Crippen LogP contribution in [-0.2, 0) is 6.61 Å². The van der Waals surface area contributed by atoms with Gasteiger partial charge in [0.05, 0.1) is 0 Å². The Bertz CT molecular complexity index is 690. The van der Waals surface area contributed by atoms with E-state index in [1.54, 1.807) is 0 Å². The molecule has 0 fully saturated rings. The molecule has 0 saturated heterocycles. The highest BCUT2D eigenvalue weighted by molar-refractivity contribution is 5.97. The van der Waals surface area contributed by atoms with Gasteiger partial charge in [-0.25, -0.2) is 13.2 Å². The third-order valence-corrected chi connectivity index (χ3v) is 2.73. The first-order chi connectivity index (χ1) is 10.0. The lowest BCUT2D eigenvalue weighted by atomic mass is 10.2. The molecule has 7 heteroatoms. The first-order valence-electron chi connectivity index (χ1n) is 5.85. The van der Waals surface area contributed by atoms with Crippen LogP contribution in [0.4, 0.5) is 13.2 Å². The molecule has 3 N–H and O–H groups in total. The molecule has 0 aliphatic carbocycles. The van der Waals surface area contributed by atoms with Gasteiger partial charge in [-0.1, -0.05) is 5.16 Å². The zero-order valence-electron chi connectivity index (χ0n) is 10.7. The van der Waals surface area contributed by atoms with Crippen LogP contribution in [0.15, 0.2) is 41.6 Å². The van der Waals surface area contributed by atoms with E-state index in [2.05, 4.69) is 5.16 Å². The Labute approximate surface area is 118 Å². The van der Waals surface area contributed by atoms with Gasteiger partial charge in [0.2, 0.25) is 0 Å². The molecule has 110 valence electrons. The number of oxime groups is 1. The summed E-state index contributed by atoms with van der Waals surface area (Å²) in [6.45, 7) is -0.330. The predicted octanol–water partition coefficient (Wildman–Crippen LogP) is 2.78. The molecule has 4 nitrogen and oxygen atoms in total. The lowest BCUT2D eigenvalue weighted by Crippen LogP contribution is -2.13. The average Bonchev–Trinajstić information content (AvgIpc) is 2.48. The van der Waals surface area contributed by atoms with Gasteiger partial charge in [0, 0.05) is 11.1 Å². The summed E-state index contributed by atoms with van der Waals surface area (Å²) in [5, 5.41) is 11.2. The lowest BCUT2D eigenvalue weighted by Gasteiger charge is -2.09. The highest BCUT2D eigenvalue weighted by Gasteiger charge is 2.10. The molecule has 0 radical (unpaired) electrons. The van der Waals surface area contributed by atoms with Gasteiger partial charge in [-0.15, -0.1) is 0 Å². The van der Waals surface area contributed by atoms with E-state index in [1.807, 2.05) is 0 Å². The van der Waals surface area contributed by atoms with Crippen molar-refractivity contribution in [3.8, 4) is 5.75 Å². The van der Waals surface area contributed by atoms with Gasteiger partial charge in [-0.05, 0) is 36.4 Å². The van der Waals surface area contributed by atoms with E-state index in [9.17, 15) is 13.2 Å². The molecular formula is C14H11F3N2O2. The molecule has 2 aromatic carbocycles. The van der Waals surface area contributed by atoms with Crippen LogP contribution in [0.5, 0.6) is 5.75 Å². The van der Waals surface area contributed by atoms with Crippen molar-refractivity contribution in [1.82, 2.24) is 0 Å². The maximum Gasteiger partial charge on any atom is 0.170 e. The lowest BCUT2D eigenvalue weighted by molar-refractivity contribution is 0.284. The van der Waals surface area contributed by atoms with Crippen LogP contribution in [0, 0.1) is 17.5 Å². The Kier molecular flexibility index (Phi) is 4.32. The molecule has 0 unspecified atom stereocenters. The first kappa shape index (κ1) is 14.7. The molecule has 0 aliphatic heterocycles. The van der Waals surface area contributed by atoms with Crippen LogP contribution >= 0.6 is 0 Å². The molecule has 0 heterocycles. The summed E-state index contributed by atoms with van der Waals surface area (Å²) < 4.78 is 45.2. The van der Waals surface area contributed by atoms with Crippen molar-refractivity contribution >= 4 is 5.84 Å². The van der Waals surface area contributed by atoms with E-state index < -0.39 is 17.5 Å². The number of nitrogens with two attached hydrogens (primary N) is 1. The largest absolute Gasteiger partial charge is 0.486 e. The molecule has 2 rings (SSSR count). The van der Waals surface area contributed by atoms with E-state index in [4.69, 9.17) is 15.7 Å². The summed E-state index contributed by atoms with van der Waals surface area (Å²) >= 11 is 0. The minimum Gasteiger partial charge on any atom is -0.486 e.